The monoisotopic (exact) mass is 264 g/mol. The maximum Gasteiger partial charge on any atom is 0.0821 e. The number of benzene rings is 2. The molecule has 2 aromatic carbocycles. The highest BCUT2D eigenvalue weighted by Gasteiger charge is 2.38. The Balaban J connectivity index is 2.01. The second-order valence-corrected chi connectivity index (χ2v) is 6.89. The van der Waals surface area contributed by atoms with Crippen molar-refractivity contribution in [1.82, 2.24) is 0 Å². The lowest BCUT2D eigenvalue weighted by atomic mass is 9.81. The molecule has 2 atom stereocenters. The standard InChI is InChI=1S/C19H20O/c1-11-8-12-9-15-13-6-4-5-7-16(13)19(2,3)17(15)10-14(12)18(11)20/h4-7,9-11,18,20H,8H2,1-3H3. The van der Waals surface area contributed by atoms with Crippen LogP contribution in [0.15, 0.2) is 36.4 Å². The summed E-state index contributed by atoms with van der Waals surface area (Å²) >= 11 is 0. The molecule has 1 nitrogen and oxygen atoms in total. The third kappa shape index (κ3) is 1.36. The lowest BCUT2D eigenvalue weighted by Crippen LogP contribution is -2.15. The Morgan fingerprint density at radius 2 is 1.80 bits per heavy atom. The zero-order valence-electron chi connectivity index (χ0n) is 12.3. The topological polar surface area (TPSA) is 20.2 Å². The Bertz CT molecular complexity index is 712. The van der Waals surface area contributed by atoms with Crippen LogP contribution in [0.2, 0.25) is 0 Å². The van der Waals surface area contributed by atoms with Crippen molar-refractivity contribution in [2.45, 2.75) is 38.7 Å². The van der Waals surface area contributed by atoms with Gasteiger partial charge in [0.1, 0.15) is 0 Å². The molecule has 0 radical (unpaired) electrons. The fraction of sp³-hybridized carbons (Fsp3) is 0.368. The molecule has 102 valence electrons. The number of hydrogen-bond acceptors (Lipinski definition) is 1. The minimum atomic E-state index is -0.296. The summed E-state index contributed by atoms with van der Waals surface area (Å²) < 4.78 is 0. The van der Waals surface area contributed by atoms with Crippen molar-refractivity contribution >= 4 is 0 Å². The molecular formula is C19H20O. The van der Waals surface area contributed by atoms with Crippen molar-refractivity contribution in [3.63, 3.8) is 0 Å². The predicted molar refractivity (Wildman–Crippen MR) is 81.8 cm³/mol. The largest absolute Gasteiger partial charge is 0.388 e. The van der Waals surface area contributed by atoms with Crippen LogP contribution in [-0.4, -0.2) is 5.11 Å². The molecule has 2 aliphatic rings. The molecule has 0 spiro atoms. The first-order chi connectivity index (χ1) is 9.50. The van der Waals surface area contributed by atoms with Crippen molar-refractivity contribution in [3.05, 3.63) is 58.7 Å². The van der Waals surface area contributed by atoms with E-state index in [1.807, 2.05) is 0 Å². The first kappa shape index (κ1) is 12.2. The van der Waals surface area contributed by atoms with Crippen LogP contribution in [-0.2, 0) is 11.8 Å². The van der Waals surface area contributed by atoms with Gasteiger partial charge in [0.05, 0.1) is 6.10 Å². The van der Waals surface area contributed by atoms with Gasteiger partial charge in [-0.1, -0.05) is 57.2 Å². The van der Waals surface area contributed by atoms with Gasteiger partial charge in [0.15, 0.2) is 0 Å². The van der Waals surface area contributed by atoms with Crippen LogP contribution in [0.3, 0.4) is 0 Å². The van der Waals surface area contributed by atoms with Gasteiger partial charge in [-0.3, -0.25) is 0 Å². The molecule has 1 N–H and O–H groups in total. The molecule has 2 unspecified atom stereocenters. The number of fused-ring (bicyclic) bond motifs is 4. The van der Waals surface area contributed by atoms with E-state index in [0.717, 1.165) is 12.0 Å². The highest BCUT2D eigenvalue weighted by Crippen LogP contribution is 2.51. The van der Waals surface area contributed by atoms with E-state index < -0.39 is 0 Å². The molecule has 0 saturated carbocycles. The summed E-state index contributed by atoms with van der Waals surface area (Å²) in [4.78, 5) is 0. The Morgan fingerprint density at radius 1 is 1.05 bits per heavy atom. The smallest absolute Gasteiger partial charge is 0.0821 e. The predicted octanol–water partition coefficient (Wildman–Crippen LogP) is 4.22. The molecule has 0 saturated heterocycles. The number of aliphatic hydroxyl groups excluding tert-OH is 1. The number of hydrogen-bond donors (Lipinski definition) is 1. The van der Waals surface area contributed by atoms with Crippen LogP contribution in [0.1, 0.15) is 49.1 Å². The summed E-state index contributed by atoms with van der Waals surface area (Å²) in [5.74, 6) is 0.339. The van der Waals surface area contributed by atoms with Crippen LogP contribution in [0, 0.1) is 5.92 Å². The summed E-state index contributed by atoms with van der Waals surface area (Å²) in [6.45, 7) is 6.71. The SMILES string of the molecule is CC1Cc2cc3c(cc2C1O)C(C)(C)c1ccccc1-3. The average molecular weight is 264 g/mol. The van der Waals surface area contributed by atoms with Crippen molar-refractivity contribution in [3.8, 4) is 11.1 Å². The zero-order chi connectivity index (χ0) is 14.1. The molecule has 1 heteroatoms. The molecule has 0 aliphatic heterocycles. The Labute approximate surface area is 120 Å². The average Bonchev–Trinajstić information content (AvgIpc) is 2.83. The third-order valence-corrected chi connectivity index (χ3v) is 5.24. The second kappa shape index (κ2) is 3.73. The van der Waals surface area contributed by atoms with Gasteiger partial charge in [0, 0.05) is 5.41 Å². The maximum absolute atomic E-state index is 10.4. The summed E-state index contributed by atoms with van der Waals surface area (Å²) in [5, 5.41) is 10.4. The number of rotatable bonds is 0. The second-order valence-electron chi connectivity index (χ2n) is 6.89. The molecule has 20 heavy (non-hydrogen) atoms. The van der Waals surface area contributed by atoms with Crippen molar-refractivity contribution in [2.24, 2.45) is 5.92 Å². The van der Waals surface area contributed by atoms with E-state index in [-0.39, 0.29) is 11.5 Å². The third-order valence-electron chi connectivity index (χ3n) is 5.24. The Morgan fingerprint density at radius 3 is 2.60 bits per heavy atom. The first-order valence-electron chi connectivity index (χ1n) is 7.45. The molecule has 0 amide bonds. The van der Waals surface area contributed by atoms with Gasteiger partial charge in [-0.15, -0.1) is 0 Å². The lowest BCUT2D eigenvalue weighted by Gasteiger charge is -2.22. The molecule has 2 aliphatic carbocycles. The van der Waals surface area contributed by atoms with E-state index in [0.29, 0.717) is 5.92 Å². The molecule has 2 aromatic rings. The Hall–Kier alpha value is -1.60. The highest BCUT2D eigenvalue weighted by molar-refractivity contribution is 5.81. The first-order valence-corrected chi connectivity index (χ1v) is 7.45. The van der Waals surface area contributed by atoms with E-state index in [9.17, 15) is 5.11 Å². The molecular weight excluding hydrogens is 244 g/mol. The van der Waals surface area contributed by atoms with Gasteiger partial charge in [0.2, 0.25) is 0 Å². The molecule has 0 bridgehead atoms. The molecule has 0 fully saturated rings. The maximum atomic E-state index is 10.4. The van der Waals surface area contributed by atoms with E-state index in [1.165, 1.54) is 27.8 Å². The highest BCUT2D eigenvalue weighted by atomic mass is 16.3. The van der Waals surface area contributed by atoms with Gasteiger partial charge < -0.3 is 5.11 Å². The van der Waals surface area contributed by atoms with Gasteiger partial charge in [-0.2, -0.15) is 0 Å². The van der Waals surface area contributed by atoms with Crippen LogP contribution in [0.25, 0.3) is 11.1 Å². The van der Waals surface area contributed by atoms with E-state index >= 15 is 0 Å². The van der Waals surface area contributed by atoms with Gasteiger partial charge >= 0.3 is 0 Å². The van der Waals surface area contributed by atoms with E-state index in [2.05, 4.69) is 57.2 Å². The van der Waals surface area contributed by atoms with Crippen LogP contribution < -0.4 is 0 Å². The normalized spacial score (nSPS) is 25.2. The summed E-state index contributed by atoms with van der Waals surface area (Å²) in [5.41, 5.74) is 8.02. The quantitative estimate of drug-likeness (QED) is 0.755. The van der Waals surface area contributed by atoms with E-state index in [4.69, 9.17) is 0 Å². The van der Waals surface area contributed by atoms with Crippen molar-refractivity contribution in [1.29, 1.82) is 0 Å². The van der Waals surface area contributed by atoms with Gasteiger partial charge in [0.25, 0.3) is 0 Å². The van der Waals surface area contributed by atoms with Crippen LogP contribution in [0.5, 0.6) is 0 Å². The summed E-state index contributed by atoms with van der Waals surface area (Å²) in [6.07, 6.45) is 0.696. The van der Waals surface area contributed by atoms with Gasteiger partial charge in [-0.25, -0.2) is 0 Å². The van der Waals surface area contributed by atoms with Crippen LogP contribution >= 0.6 is 0 Å². The lowest BCUT2D eigenvalue weighted by molar-refractivity contribution is 0.132. The fourth-order valence-corrected chi connectivity index (χ4v) is 4.03. The minimum absolute atomic E-state index is 0.0342. The molecule has 0 heterocycles. The molecule has 0 aromatic heterocycles. The van der Waals surface area contributed by atoms with Crippen LogP contribution in [0.4, 0.5) is 0 Å². The fourth-order valence-electron chi connectivity index (χ4n) is 4.03. The zero-order valence-corrected chi connectivity index (χ0v) is 12.3. The molecule has 4 rings (SSSR count). The number of aliphatic hydroxyl groups is 1. The summed E-state index contributed by atoms with van der Waals surface area (Å²) in [6, 6.07) is 13.3. The van der Waals surface area contributed by atoms with Crippen molar-refractivity contribution in [2.75, 3.05) is 0 Å². The Kier molecular flexibility index (Phi) is 2.27. The summed E-state index contributed by atoms with van der Waals surface area (Å²) in [7, 11) is 0. The van der Waals surface area contributed by atoms with Gasteiger partial charge in [-0.05, 0) is 45.7 Å². The van der Waals surface area contributed by atoms with E-state index in [1.54, 1.807) is 0 Å². The van der Waals surface area contributed by atoms with Crippen molar-refractivity contribution < 1.29 is 5.11 Å². The minimum Gasteiger partial charge on any atom is -0.388 e.